The van der Waals surface area contributed by atoms with Crippen molar-refractivity contribution < 1.29 is 13.7 Å². The predicted molar refractivity (Wildman–Crippen MR) is 104 cm³/mol. The summed E-state index contributed by atoms with van der Waals surface area (Å²) in [6.45, 7) is 1.54. The zero-order valence-corrected chi connectivity index (χ0v) is 16.2. The molecule has 1 amide bonds. The summed E-state index contributed by atoms with van der Waals surface area (Å²) in [4.78, 5) is 13.1. The fourth-order valence-corrected chi connectivity index (χ4v) is 3.24. The number of amides is 1. The van der Waals surface area contributed by atoms with Gasteiger partial charge < -0.3 is 9.84 Å². The SMILES string of the molecule is Cc1onc(-c2c(F)cccc2Cl)c1C(=O)Nc1cc(Cl)ccc1-c1nnn[nH]1. The number of carbonyl (C=O) groups excluding carboxylic acids is 1. The van der Waals surface area contributed by atoms with Gasteiger partial charge in [-0.2, -0.15) is 0 Å². The molecule has 0 spiro atoms. The maximum atomic E-state index is 14.4. The van der Waals surface area contributed by atoms with Crippen LogP contribution in [-0.2, 0) is 0 Å². The molecule has 0 unspecified atom stereocenters. The van der Waals surface area contributed by atoms with E-state index in [1.165, 1.54) is 24.3 Å². The number of aromatic nitrogens is 5. The highest BCUT2D eigenvalue weighted by Gasteiger charge is 2.26. The van der Waals surface area contributed by atoms with Crippen LogP contribution < -0.4 is 5.32 Å². The minimum atomic E-state index is -0.629. The van der Waals surface area contributed by atoms with E-state index >= 15 is 0 Å². The van der Waals surface area contributed by atoms with Gasteiger partial charge in [-0.3, -0.25) is 4.79 Å². The Labute approximate surface area is 173 Å². The van der Waals surface area contributed by atoms with E-state index in [0.29, 0.717) is 22.1 Å². The molecule has 0 aliphatic rings. The molecular formula is C18H11Cl2FN6O2. The molecule has 4 aromatic rings. The van der Waals surface area contributed by atoms with Gasteiger partial charge in [0.15, 0.2) is 5.82 Å². The Bertz CT molecular complexity index is 1190. The monoisotopic (exact) mass is 432 g/mol. The summed E-state index contributed by atoms with van der Waals surface area (Å²) in [5.41, 5.74) is 0.855. The number of hydrogen-bond donors (Lipinski definition) is 2. The van der Waals surface area contributed by atoms with Crippen molar-refractivity contribution in [2.24, 2.45) is 0 Å². The molecule has 0 radical (unpaired) electrons. The van der Waals surface area contributed by atoms with Crippen LogP contribution in [0.4, 0.5) is 10.1 Å². The molecule has 4 rings (SSSR count). The summed E-state index contributed by atoms with van der Waals surface area (Å²) in [6, 6.07) is 8.99. The Balaban J connectivity index is 1.77. The number of tetrazole rings is 1. The van der Waals surface area contributed by atoms with Crippen LogP contribution in [0.15, 0.2) is 40.9 Å². The maximum absolute atomic E-state index is 14.4. The fraction of sp³-hybridized carbons (Fsp3) is 0.0556. The topological polar surface area (TPSA) is 110 Å². The van der Waals surface area contributed by atoms with Gasteiger partial charge in [0.1, 0.15) is 22.8 Å². The molecule has 2 aromatic heterocycles. The van der Waals surface area contributed by atoms with Gasteiger partial charge in [0.25, 0.3) is 5.91 Å². The maximum Gasteiger partial charge on any atom is 0.261 e. The minimum absolute atomic E-state index is 0.00647. The number of nitrogens with one attached hydrogen (secondary N) is 2. The number of rotatable bonds is 4. The average Bonchev–Trinajstić information content (AvgIpc) is 3.32. The number of benzene rings is 2. The molecule has 0 saturated heterocycles. The smallest absolute Gasteiger partial charge is 0.261 e. The summed E-state index contributed by atoms with van der Waals surface area (Å²) in [6.07, 6.45) is 0. The first-order chi connectivity index (χ1) is 14.0. The second-order valence-corrected chi connectivity index (χ2v) is 6.80. The highest BCUT2D eigenvalue weighted by molar-refractivity contribution is 6.33. The van der Waals surface area contributed by atoms with Crippen molar-refractivity contribution in [1.29, 1.82) is 0 Å². The molecule has 2 N–H and O–H groups in total. The number of H-pyrrole nitrogens is 1. The second kappa shape index (κ2) is 7.61. The Morgan fingerprint density at radius 1 is 1.24 bits per heavy atom. The third-order valence-electron chi connectivity index (χ3n) is 4.12. The van der Waals surface area contributed by atoms with Crippen molar-refractivity contribution in [2.45, 2.75) is 6.92 Å². The summed E-state index contributed by atoms with van der Waals surface area (Å²) in [5, 5.41) is 20.6. The third-order valence-corrected chi connectivity index (χ3v) is 4.67. The van der Waals surface area contributed by atoms with Crippen LogP contribution in [0, 0.1) is 12.7 Å². The third kappa shape index (κ3) is 3.57. The van der Waals surface area contributed by atoms with Gasteiger partial charge in [0, 0.05) is 10.6 Å². The van der Waals surface area contributed by atoms with E-state index in [9.17, 15) is 9.18 Å². The Morgan fingerprint density at radius 2 is 2.07 bits per heavy atom. The van der Waals surface area contributed by atoms with Crippen molar-refractivity contribution in [3.63, 3.8) is 0 Å². The number of nitrogens with zero attached hydrogens (tertiary/aromatic N) is 4. The molecule has 146 valence electrons. The number of halogens is 3. The molecule has 11 heteroatoms. The summed E-state index contributed by atoms with van der Waals surface area (Å²) < 4.78 is 19.5. The molecule has 2 heterocycles. The van der Waals surface area contributed by atoms with E-state index in [2.05, 4.69) is 31.1 Å². The highest BCUT2D eigenvalue weighted by Crippen LogP contribution is 2.35. The summed E-state index contributed by atoms with van der Waals surface area (Å²) in [7, 11) is 0. The molecule has 0 aliphatic heterocycles. The molecular weight excluding hydrogens is 422 g/mol. The van der Waals surface area contributed by atoms with Crippen molar-refractivity contribution >= 4 is 34.8 Å². The van der Waals surface area contributed by atoms with Crippen LogP contribution in [0.5, 0.6) is 0 Å². The number of carbonyl (C=O) groups is 1. The van der Waals surface area contributed by atoms with Crippen molar-refractivity contribution in [3.8, 4) is 22.6 Å². The molecule has 0 saturated carbocycles. The lowest BCUT2D eigenvalue weighted by Crippen LogP contribution is -2.14. The Kier molecular flexibility index (Phi) is 4.99. The summed E-state index contributed by atoms with van der Waals surface area (Å²) in [5.74, 6) is -0.691. The average molecular weight is 433 g/mol. The number of hydrogen-bond acceptors (Lipinski definition) is 6. The van der Waals surface area contributed by atoms with Gasteiger partial charge in [0.2, 0.25) is 0 Å². The van der Waals surface area contributed by atoms with E-state index in [0.717, 1.165) is 0 Å². The van der Waals surface area contributed by atoms with Crippen molar-refractivity contribution in [3.05, 3.63) is 63.6 Å². The molecule has 0 atom stereocenters. The number of anilines is 1. The fourth-order valence-electron chi connectivity index (χ4n) is 2.82. The van der Waals surface area contributed by atoms with E-state index < -0.39 is 11.7 Å². The zero-order chi connectivity index (χ0) is 20.5. The molecule has 29 heavy (non-hydrogen) atoms. The lowest BCUT2D eigenvalue weighted by atomic mass is 10.0. The van der Waals surface area contributed by atoms with Crippen LogP contribution >= 0.6 is 23.2 Å². The lowest BCUT2D eigenvalue weighted by Gasteiger charge is -2.10. The van der Waals surface area contributed by atoms with Crippen LogP contribution in [0.25, 0.3) is 22.6 Å². The van der Waals surface area contributed by atoms with Crippen LogP contribution in [-0.4, -0.2) is 31.7 Å². The molecule has 0 bridgehead atoms. The normalized spacial score (nSPS) is 10.9. The van der Waals surface area contributed by atoms with Crippen LogP contribution in [0.1, 0.15) is 16.1 Å². The second-order valence-electron chi connectivity index (χ2n) is 5.95. The first-order valence-electron chi connectivity index (χ1n) is 8.21. The predicted octanol–water partition coefficient (Wildman–Crippen LogP) is 4.53. The molecule has 8 nitrogen and oxygen atoms in total. The van der Waals surface area contributed by atoms with Gasteiger partial charge in [-0.15, -0.1) is 5.10 Å². The first-order valence-corrected chi connectivity index (χ1v) is 8.97. The van der Waals surface area contributed by atoms with Crippen LogP contribution in [0.3, 0.4) is 0 Å². The summed E-state index contributed by atoms with van der Waals surface area (Å²) >= 11 is 12.2. The molecule has 0 fully saturated rings. The van der Waals surface area contributed by atoms with Crippen molar-refractivity contribution in [1.82, 2.24) is 25.8 Å². The zero-order valence-electron chi connectivity index (χ0n) is 14.7. The number of aryl methyl sites for hydroxylation is 1. The Hall–Kier alpha value is -3.30. The van der Waals surface area contributed by atoms with Crippen molar-refractivity contribution in [2.75, 3.05) is 5.32 Å². The van der Waals surface area contributed by atoms with Gasteiger partial charge in [0.05, 0.1) is 16.3 Å². The van der Waals surface area contributed by atoms with Gasteiger partial charge >= 0.3 is 0 Å². The molecule has 2 aromatic carbocycles. The van der Waals surface area contributed by atoms with E-state index in [-0.39, 0.29) is 27.6 Å². The van der Waals surface area contributed by atoms with Gasteiger partial charge in [-0.05, 0) is 47.7 Å². The first kappa shape index (κ1) is 19.0. The molecule has 0 aliphatic carbocycles. The van der Waals surface area contributed by atoms with E-state index in [1.54, 1.807) is 19.1 Å². The van der Waals surface area contributed by atoms with Gasteiger partial charge in [-0.25, -0.2) is 9.49 Å². The lowest BCUT2D eigenvalue weighted by molar-refractivity contribution is 0.102. The quantitative estimate of drug-likeness (QED) is 0.490. The largest absolute Gasteiger partial charge is 0.360 e. The van der Waals surface area contributed by atoms with Gasteiger partial charge in [-0.1, -0.05) is 34.4 Å². The highest BCUT2D eigenvalue weighted by atomic mass is 35.5. The van der Waals surface area contributed by atoms with E-state index in [1.807, 2.05) is 0 Å². The minimum Gasteiger partial charge on any atom is -0.360 e. The number of aromatic amines is 1. The van der Waals surface area contributed by atoms with Crippen LogP contribution in [0.2, 0.25) is 10.0 Å². The van der Waals surface area contributed by atoms with E-state index in [4.69, 9.17) is 27.7 Å². The Morgan fingerprint density at radius 3 is 2.79 bits per heavy atom. The standard InChI is InChI=1S/C18H11Cl2FN6O2/c1-8-14(16(25-29-8)15-11(20)3-2-4-12(15)21)18(28)22-13-7-9(19)5-6-10(13)17-23-26-27-24-17/h2-7H,1H3,(H,22,28)(H,23,24,26,27).